The summed E-state index contributed by atoms with van der Waals surface area (Å²) in [6.45, 7) is 15.4. The third-order valence-corrected chi connectivity index (χ3v) is 4.50. The van der Waals surface area contributed by atoms with E-state index in [-0.39, 0.29) is 0 Å². The summed E-state index contributed by atoms with van der Waals surface area (Å²) in [5, 5.41) is 3.83. The first-order valence-corrected chi connectivity index (χ1v) is 8.55. The molecule has 2 aliphatic rings. The van der Waals surface area contributed by atoms with Gasteiger partial charge in [0, 0.05) is 38.3 Å². The standard InChI is InChI=1S/C17H33N3O/c1-15(2)4-7-19-8-5-17(6-9-19)18-16(3)14-20-10-12-21-13-11-20/h4,16-18H,5-14H2,1-3H3. The minimum Gasteiger partial charge on any atom is -0.379 e. The molecule has 2 heterocycles. The van der Waals surface area contributed by atoms with Crippen molar-refractivity contribution in [2.75, 3.05) is 52.5 Å². The van der Waals surface area contributed by atoms with Crippen molar-refractivity contribution in [2.45, 2.75) is 45.7 Å². The van der Waals surface area contributed by atoms with Crippen molar-refractivity contribution in [3.05, 3.63) is 11.6 Å². The lowest BCUT2D eigenvalue weighted by atomic mass is 10.0. The number of hydrogen-bond donors (Lipinski definition) is 1. The molecule has 0 saturated carbocycles. The number of piperidine rings is 1. The maximum Gasteiger partial charge on any atom is 0.0594 e. The molecule has 0 aromatic carbocycles. The van der Waals surface area contributed by atoms with Gasteiger partial charge in [-0.05, 0) is 46.7 Å². The van der Waals surface area contributed by atoms with Crippen LogP contribution in [0.2, 0.25) is 0 Å². The van der Waals surface area contributed by atoms with E-state index in [1.165, 1.54) is 31.5 Å². The van der Waals surface area contributed by atoms with Crippen molar-refractivity contribution < 1.29 is 4.74 Å². The van der Waals surface area contributed by atoms with Crippen LogP contribution in [0.5, 0.6) is 0 Å². The zero-order valence-electron chi connectivity index (χ0n) is 14.1. The average molecular weight is 295 g/mol. The van der Waals surface area contributed by atoms with Crippen LogP contribution in [-0.2, 0) is 4.74 Å². The maximum absolute atomic E-state index is 5.41. The van der Waals surface area contributed by atoms with Crippen LogP contribution in [0.4, 0.5) is 0 Å². The van der Waals surface area contributed by atoms with E-state index in [0.717, 1.165) is 39.4 Å². The number of allylic oxidation sites excluding steroid dienone is 1. The summed E-state index contributed by atoms with van der Waals surface area (Å²) in [7, 11) is 0. The van der Waals surface area contributed by atoms with Gasteiger partial charge < -0.3 is 10.1 Å². The van der Waals surface area contributed by atoms with Crippen molar-refractivity contribution in [3.8, 4) is 0 Å². The predicted octanol–water partition coefficient (Wildman–Crippen LogP) is 1.73. The summed E-state index contributed by atoms with van der Waals surface area (Å²) in [4.78, 5) is 5.09. The average Bonchev–Trinajstić information content (AvgIpc) is 2.47. The van der Waals surface area contributed by atoms with E-state index in [4.69, 9.17) is 4.74 Å². The van der Waals surface area contributed by atoms with Crippen LogP contribution in [0.1, 0.15) is 33.6 Å². The quantitative estimate of drug-likeness (QED) is 0.755. The first-order chi connectivity index (χ1) is 10.1. The third-order valence-electron chi connectivity index (χ3n) is 4.50. The number of ether oxygens (including phenoxy) is 1. The zero-order chi connectivity index (χ0) is 15.1. The zero-order valence-corrected chi connectivity index (χ0v) is 14.1. The second-order valence-electron chi connectivity index (χ2n) is 6.84. The maximum atomic E-state index is 5.41. The normalized spacial score (nSPS) is 24.0. The summed E-state index contributed by atoms with van der Waals surface area (Å²) >= 11 is 0. The monoisotopic (exact) mass is 295 g/mol. The van der Waals surface area contributed by atoms with Gasteiger partial charge in [-0.25, -0.2) is 0 Å². The van der Waals surface area contributed by atoms with E-state index in [9.17, 15) is 0 Å². The molecule has 1 unspecified atom stereocenters. The van der Waals surface area contributed by atoms with Gasteiger partial charge in [0.15, 0.2) is 0 Å². The molecule has 1 atom stereocenters. The van der Waals surface area contributed by atoms with Gasteiger partial charge in [-0.3, -0.25) is 9.80 Å². The van der Waals surface area contributed by atoms with Gasteiger partial charge in [0.25, 0.3) is 0 Å². The lowest BCUT2D eigenvalue weighted by molar-refractivity contribution is 0.0333. The Morgan fingerprint density at radius 3 is 2.43 bits per heavy atom. The van der Waals surface area contributed by atoms with Gasteiger partial charge in [-0.1, -0.05) is 11.6 Å². The highest BCUT2D eigenvalue weighted by Crippen LogP contribution is 2.11. The minimum atomic E-state index is 0.581. The number of likely N-dealkylation sites (tertiary alicyclic amines) is 1. The van der Waals surface area contributed by atoms with Crippen molar-refractivity contribution in [3.63, 3.8) is 0 Å². The van der Waals surface area contributed by atoms with Gasteiger partial charge in [0.2, 0.25) is 0 Å². The molecule has 0 aromatic heterocycles. The van der Waals surface area contributed by atoms with Gasteiger partial charge in [0.05, 0.1) is 13.2 Å². The number of nitrogens with one attached hydrogen (secondary N) is 1. The number of nitrogens with zero attached hydrogens (tertiary/aromatic N) is 2. The van der Waals surface area contributed by atoms with E-state index in [2.05, 4.69) is 42.0 Å². The van der Waals surface area contributed by atoms with Crippen molar-refractivity contribution in [1.29, 1.82) is 0 Å². The molecule has 21 heavy (non-hydrogen) atoms. The summed E-state index contributed by atoms with van der Waals surface area (Å²) in [6.07, 6.45) is 4.91. The van der Waals surface area contributed by atoms with Crippen molar-refractivity contribution >= 4 is 0 Å². The summed E-state index contributed by atoms with van der Waals surface area (Å²) in [5.74, 6) is 0. The van der Waals surface area contributed by atoms with Crippen LogP contribution < -0.4 is 5.32 Å². The summed E-state index contributed by atoms with van der Waals surface area (Å²) in [5.41, 5.74) is 1.43. The van der Waals surface area contributed by atoms with E-state index < -0.39 is 0 Å². The Kier molecular flexibility index (Phi) is 7.17. The predicted molar refractivity (Wildman–Crippen MR) is 88.7 cm³/mol. The highest BCUT2D eigenvalue weighted by molar-refractivity contribution is 4.95. The number of morpholine rings is 1. The number of hydrogen-bond acceptors (Lipinski definition) is 4. The Morgan fingerprint density at radius 2 is 1.81 bits per heavy atom. The van der Waals surface area contributed by atoms with Crippen LogP contribution >= 0.6 is 0 Å². The van der Waals surface area contributed by atoms with Crippen LogP contribution in [-0.4, -0.2) is 74.4 Å². The number of rotatable bonds is 6. The Labute approximate surface area is 130 Å². The molecular weight excluding hydrogens is 262 g/mol. The highest BCUT2D eigenvalue weighted by atomic mass is 16.5. The van der Waals surface area contributed by atoms with Crippen LogP contribution in [0.15, 0.2) is 11.6 Å². The molecule has 0 spiro atoms. The highest BCUT2D eigenvalue weighted by Gasteiger charge is 2.21. The van der Waals surface area contributed by atoms with E-state index in [0.29, 0.717) is 12.1 Å². The largest absolute Gasteiger partial charge is 0.379 e. The fourth-order valence-electron chi connectivity index (χ4n) is 3.22. The first-order valence-electron chi connectivity index (χ1n) is 8.55. The Balaban J connectivity index is 1.62. The molecule has 0 bridgehead atoms. The van der Waals surface area contributed by atoms with Crippen LogP contribution in [0, 0.1) is 0 Å². The molecule has 2 aliphatic heterocycles. The molecule has 0 aliphatic carbocycles. The minimum absolute atomic E-state index is 0.581. The van der Waals surface area contributed by atoms with E-state index in [1.807, 2.05) is 0 Å². The molecule has 0 aromatic rings. The molecule has 2 saturated heterocycles. The van der Waals surface area contributed by atoms with Gasteiger partial charge >= 0.3 is 0 Å². The van der Waals surface area contributed by atoms with Crippen LogP contribution in [0.25, 0.3) is 0 Å². The van der Waals surface area contributed by atoms with Gasteiger partial charge in [-0.15, -0.1) is 0 Å². The van der Waals surface area contributed by atoms with Crippen molar-refractivity contribution in [2.24, 2.45) is 0 Å². The molecule has 1 N–H and O–H groups in total. The van der Waals surface area contributed by atoms with Crippen LogP contribution in [0.3, 0.4) is 0 Å². The van der Waals surface area contributed by atoms with Gasteiger partial charge in [0.1, 0.15) is 0 Å². The molecular formula is C17H33N3O. The molecule has 4 nitrogen and oxygen atoms in total. The summed E-state index contributed by atoms with van der Waals surface area (Å²) < 4.78 is 5.41. The van der Waals surface area contributed by atoms with Gasteiger partial charge in [-0.2, -0.15) is 0 Å². The topological polar surface area (TPSA) is 27.7 Å². The first kappa shape index (κ1) is 16.9. The molecule has 0 amide bonds. The lowest BCUT2D eigenvalue weighted by Crippen LogP contribution is -2.50. The molecule has 2 fully saturated rings. The lowest BCUT2D eigenvalue weighted by Gasteiger charge is -2.35. The molecule has 4 heteroatoms. The van der Waals surface area contributed by atoms with E-state index in [1.54, 1.807) is 0 Å². The second kappa shape index (κ2) is 8.89. The fourth-order valence-corrected chi connectivity index (χ4v) is 3.22. The Morgan fingerprint density at radius 1 is 1.14 bits per heavy atom. The molecule has 122 valence electrons. The summed E-state index contributed by atoms with van der Waals surface area (Å²) in [6, 6.07) is 1.28. The Bertz CT molecular complexity index is 314. The second-order valence-corrected chi connectivity index (χ2v) is 6.84. The smallest absolute Gasteiger partial charge is 0.0594 e. The van der Waals surface area contributed by atoms with E-state index >= 15 is 0 Å². The third kappa shape index (κ3) is 6.47. The fraction of sp³-hybridized carbons (Fsp3) is 0.882. The van der Waals surface area contributed by atoms with Crippen molar-refractivity contribution in [1.82, 2.24) is 15.1 Å². The molecule has 0 radical (unpaired) electrons. The molecule has 2 rings (SSSR count). The SMILES string of the molecule is CC(C)=CCN1CCC(NC(C)CN2CCOCC2)CC1. The Hall–Kier alpha value is -0.420.